The van der Waals surface area contributed by atoms with Gasteiger partial charge in [-0.2, -0.15) is 4.98 Å². The van der Waals surface area contributed by atoms with Crippen LogP contribution >= 0.6 is 11.3 Å². The van der Waals surface area contributed by atoms with Gasteiger partial charge in [-0.1, -0.05) is 71.0 Å². The van der Waals surface area contributed by atoms with Crippen molar-refractivity contribution in [3.05, 3.63) is 65.4 Å². The lowest BCUT2D eigenvalue weighted by atomic mass is 10.1. The molecule has 0 amide bonds. The van der Waals surface area contributed by atoms with Crippen LogP contribution in [0.3, 0.4) is 0 Å². The van der Waals surface area contributed by atoms with Crippen LogP contribution in [0.2, 0.25) is 0 Å². The third-order valence-corrected chi connectivity index (χ3v) is 5.22. The Morgan fingerprint density at radius 1 is 0.783 bits per heavy atom. The molecule has 0 N–H and O–H groups in total. The number of fused-ring (bicyclic) bond motifs is 1. The third kappa shape index (κ3) is 2.45. The van der Waals surface area contributed by atoms with E-state index in [0.29, 0.717) is 0 Å². The topological polar surface area (TPSA) is 30.2 Å². The van der Waals surface area contributed by atoms with Gasteiger partial charge >= 0.3 is 0 Å². The lowest BCUT2D eigenvalue weighted by Gasteiger charge is -2.00. The molecule has 2 aromatic heterocycles. The molecule has 2 aromatic carbocycles. The van der Waals surface area contributed by atoms with Gasteiger partial charge in [-0.25, -0.2) is 4.52 Å². The number of nitrogens with zero attached hydrogens (tertiary/aromatic N) is 3. The lowest BCUT2D eigenvalue weighted by Crippen LogP contribution is -1.89. The summed E-state index contributed by atoms with van der Waals surface area (Å²) in [4.78, 5) is 6.88. The van der Waals surface area contributed by atoms with Gasteiger partial charge in [0.25, 0.3) is 0 Å². The van der Waals surface area contributed by atoms with E-state index < -0.39 is 0 Å². The summed E-state index contributed by atoms with van der Waals surface area (Å²) in [6.07, 6.45) is 0. The van der Waals surface area contributed by atoms with Crippen molar-refractivity contribution < 1.29 is 0 Å². The van der Waals surface area contributed by atoms with Crippen molar-refractivity contribution in [3.8, 4) is 21.8 Å². The van der Waals surface area contributed by atoms with Crippen LogP contribution in [0.4, 0.5) is 0 Å². The fourth-order valence-corrected chi connectivity index (χ4v) is 3.71. The Balaban J connectivity index is 1.80. The molecular formula is C19H17N3S. The van der Waals surface area contributed by atoms with E-state index in [-0.39, 0.29) is 0 Å². The Hall–Kier alpha value is -2.46. The zero-order valence-corrected chi connectivity index (χ0v) is 14.2. The largest absolute Gasteiger partial charge is 0.213 e. The van der Waals surface area contributed by atoms with Gasteiger partial charge in [-0.15, -0.1) is 5.10 Å². The number of rotatable bonds is 2. The van der Waals surface area contributed by atoms with Crippen molar-refractivity contribution in [1.29, 1.82) is 0 Å². The van der Waals surface area contributed by atoms with E-state index in [2.05, 4.69) is 69.3 Å². The Morgan fingerprint density at radius 3 is 1.91 bits per heavy atom. The van der Waals surface area contributed by atoms with E-state index in [1.807, 2.05) is 4.52 Å². The van der Waals surface area contributed by atoms with Gasteiger partial charge in [-0.3, -0.25) is 0 Å². The van der Waals surface area contributed by atoms with Gasteiger partial charge in [0.1, 0.15) is 0 Å². The first-order valence-electron chi connectivity index (χ1n) is 7.62. The van der Waals surface area contributed by atoms with Crippen molar-refractivity contribution in [2.24, 2.45) is 0 Å². The van der Waals surface area contributed by atoms with Crippen LogP contribution in [0.15, 0.2) is 48.5 Å². The van der Waals surface area contributed by atoms with Gasteiger partial charge < -0.3 is 0 Å². The van der Waals surface area contributed by atoms with E-state index >= 15 is 0 Å². The summed E-state index contributed by atoms with van der Waals surface area (Å²) >= 11 is 1.69. The highest BCUT2D eigenvalue weighted by Gasteiger charge is 2.15. The lowest BCUT2D eigenvalue weighted by molar-refractivity contribution is 0.938. The van der Waals surface area contributed by atoms with E-state index in [4.69, 9.17) is 10.1 Å². The van der Waals surface area contributed by atoms with Crippen LogP contribution in [0.1, 0.15) is 16.8 Å². The average Bonchev–Trinajstić information content (AvgIpc) is 3.09. The molecule has 4 rings (SSSR count). The molecule has 23 heavy (non-hydrogen) atoms. The predicted molar refractivity (Wildman–Crippen MR) is 95.9 cm³/mol. The molecule has 0 radical (unpaired) electrons. The number of benzene rings is 2. The first-order chi connectivity index (χ1) is 11.1. The summed E-state index contributed by atoms with van der Waals surface area (Å²) in [6, 6.07) is 16.9. The highest BCUT2D eigenvalue weighted by molar-refractivity contribution is 7.20. The molecule has 0 spiro atoms. The summed E-state index contributed by atoms with van der Waals surface area (Å²) in [7, 11) is 0. The zero-order chi connectivity index (χ0) is 16.0. The molecule has 0 aliphatic rings. The molecule has 0 bridgehead atoms. The van der Waals surface area contributed by atoms with E-state index in [1.165, 1.54) is 21.6 Å². The van der Waals surface area contributed by atoms with Crippen LogP contribution in [0.25, 0.3) is 26.8 Å². The molecule has 0 fully saturated rings. The second-order valence-corrected chi connectivity index (χ2v) is 6.86. The maximum Gasteiger partial charge on any atom is 0.213 e. The van der Waals surface area contributed by atoms with Crippen LogP contribution in [-0.4, -0.2) is 14.6 Å². The maximum atomic E-state index is 4.71. The van der Waals surface area contributed by atoms with Gasteiger partial charge in [0.2, 0.25) is 4.96 Å². The Morgan fingerprint density at radius 2 is 1.35 bits per heavy atom. The highest BCUT2D eigenvalue weighted by Crippen LogP contribution is 2.33. The van der Waals surface area contributed by atoms with Crippen LogP contribution < -0.4 is 0 Å². The second-order valence-electron chi connectivity index (χ2n) is 5.88. The van der Waals surface area contributed by atoms with Crippen molar-refractivity contribution in [1.82, 2.24) is 14.6 Å². The van der Waals surface area contributed by atoms with Crippen molar-refractivity contribution in [2.75, 3.05) is 0 Å². The molecule has 0 saturated heterocycles. The van der Waals surface area contributed by atoms with E-state index in [9.17, 15) is 0 Å². The first-order valence-corrected chi connectivity index (χ1v) is 8.44. The van der Waals surface area contributed by atoms with Crippen LogP contribution in [0.5, 0.6) is 0 Å². The third-order valence-electron chi connectivity index (χ3n) is 4.04. The van der Waals surface area contributed by atoms with Gasteiger partial charge in [0.15, 0.2) is 5.82 Å². The normalized spacial score (nSPS) is 11.3. The quantitative estimate of drug-likeness (QED) is 0.517. The molecular weight excluding hydrogens is 302 g/mol. The minimum absolute atomic E-state index is 0.787. The number of aromatic nitrogens is 3. The van der Waals surface area contributed by atoms with Gasteiger partial charge in [-0.05, 0) is 26.3 Å². The Labute approximate surface area is 139 Å². The summed E-state index contributed by atoms with van der Waals surface area (Å²) < 4.78 is 1.95. The molecule has 0 atom stereocenters. The number of aryl methyl sites for hydroxylation is 3. The smallest absolute Gasteiger partial charge is 0.207 e. The fraction of sp³-hybridized carbons (Fsp3) is 0.158. The average molecular weight is 319 g/mol. The minimum Gasteiger partial charge on any atom is -0.207 e. The van der Waals surface area contributed by atoms with Crippen molar-refractivity contribution >= 4 is 16.3 Å². The predicted octanol–water partition coefficient (Wildman–Crippen LogP) is 5.05. The molecule has 0 aliphatic carbocycles. The number of thiazole rings is 1. The van der Waals surface area contributed by atoms with E-state index in [1.54, 1.807) is 11.3 Å². The maximum absolute atomic E-state index is 4.71. The van der Waals surface area contributed by atoms with Crippen molar-refractivity contribution in [3.63, 3.8) is 0 Å². The summed E-state index contributed by atoms with van der Waals surface area (Å²) in [5.74, 6) is 0.787. The highest BCUT2D eigenvalue weighted by atomic mass is 32.1. The molecule has 2 heterocycles. The molecule has 4 heteroatoms. The van der Waals surface area contributed by atoms with Gasteiger partial charge in [0, 0.05) is 5.56 Å². The molecule has 4 aromatic rings. The van der Waals surface area contributed by atoms with Crippen LogP contribution in [0, 0.1) is 20.8 Å². The molecule has 114 valence electrons. The molecule has 0 unspecified atom stereocenters. The van der Waals surface area contributed by atoms with E-state index in [0.717, 1.165) is 22.0 Å². The molecule has 0 aliphatic heterocycles. The Kier molecular flexibility index (Phi) is 3.27. The monoisotopic (exact) mass is 319 g/mol. The SMILES string of the molecule is Cc1ccc(-c2nc3sc(-c4ccc(C)cc4)c(C)n3n2)cc1. The fourth-order valence-electron chi connectivity index (χ4n) is 2.64. The first kappa shape index (κ1) is 14.2. The van der Waals surface area contributed by atoms with Crippen LogP contribution in [-0.2, 0) is 0 Å². The zero-order valence-electron chi connectivity index (χ0n) is 13.4. The number of hydrogen-bond acceptors (Lipinski definition) is 3. The summed E-state index contributed by atoms with van der Waals surface area (Å²) in [5, 5.41) is 4.69. The molecule has 3 nitrogen and oxygen atoms in total. The van der Waals surface area contributed by atoms with Crippen molar-refractivity contribution in [2.45, 2.75) is 20.8 Å². The Bertz CT molecular complexity index is 976. The summed E-state index contributed by atoms with van der Waals surface area (Å²) in [6.45, 7) is 6.29. The second kappa shape index (κ2) is 5.32. The minimum atomic E-state index is 0.787. The summed E-state index contributed by atoms with van der Waals surface area (Å²) in [5.41, 5.74) is 5.94. The van der Waals surface area contributed by atoms with Gasteiger partial charge in [0.05, 0.1) is 10.6 Å². The standard InChI is InChI=1S/C19H17N3S/c1-12-4-8-15(9-5-12)17-14(3)22-19(23-17)20-18(21-22)16-10-6-13(2)7-11-16/h4-11H,1-3H3. The number of hydrogen-bond donors (Lipinski definition) is 0. The molecule has 0 saturated carbocycles.